The quantitative estimate of drug-likeness (QED) is 0.734. The van der Waals surface area contributed by atoms with E-state index in [-0.39, 0.29) is 5.97 Å². The number of carbonyl (C=O) groups is 1. The molecule has 2 rings (SSSR count). The van der Waals surface area contributed by atoms with Crippen molar-refractivity contribution >= 4 is 17.3 Å². The van der Waals surface area contributed by atoms with Crippen molar-refractivity contribution in [2.75, 3.05) is 6.61 Å². The number of nitrogens with zero attached hydrogens (tertiary/aromatic N) is 1. The van der Waals surface area contributed by atoms with Gasteiger partial charge in [0.1, 0.15) is 0 Å². The lowest BCUT2D eigenvalue weighted by Gasteiger charge is -2.10. The lowest BCUT2D eigenvalue weighted by molar-refractivity contribution is 0.0525. The summed E-state index contributed by atoms with van der Waals surface area (Å²) in [6, 6.07) is 6.10. The molecule has 0 saturated carbocycles. The molecule has 0 spiro atoms. The average Bonchev–Trinajstić information content (AvgIpc) is 3.04. The van der Waals surface area contributed by atoms with Crippen molar-refractivity contribution in [1.29, 1.82) is 0 Å². The van der Waals surface area contributed by atoms with Gasteiger partial charge in [-0.2, -0.15) is 0 Å². The molecule has 20 heavy (non-hydrogen) atoms. The SMILES string of the molecule is CCCCn1c(-c2cccs2)cc(C(=O)OCC)c1C. The van der Waals surface area contributed by atoms with E-state index in [1.807, 2.05) is 26.0 Å². The van der Waals surface area contributed by atoms with Crippen LogP contribution >= 0.6 is 11.3 Å². The van der Waals surface area contributed by atoms with E-state index in [9.17, 15) is 4.79 Å². The molecular formula is C16H21NO2S. The molecule has 0 N–H and O–H groups in total. The van der Waals surface area contributed by atoms with E-state index in [2.05, 4.69) is 22.9 Å². The Kier molecular flexibility index (Phi) is 5.01. The Hall–Kier alpha value is -1.55. The smallest absolute Gasteiger partial charge is 0.339 e. The van der Waals surface area contributed by atoms with Gasteiger partial charge in [0, 0.05) is 12.2 Å². The Morgan fingerprint density at radius 3 is 2.80 bits per heavy atom. The van der Waals surface area contributed by atoms with E-state index < -0.39 is 0 Å². The minimum absolute atomic E-state index is 0.224. The number of hydrogen-bond acceptors (Lipinski definition) is 3. The van der Waals surface area contributed by atoms with Crippen molar-refractivity contribution in [2.45, 2.75) is 40.2 Å². The summed E-state index contributed by atoms with van der Waals surface area (Å²) >= 11 is 1.70. The molecule has 0 aliphatic rings. The van der Waals surface area contributed by atoms with Gasteiger partial charge in [0.15, 0.2) is 0 Å². The first kappa shape index (κ1) is 14.9. The first-order valence-electron chi connectivity index (χ1n) is 7.10. The molecule has 2 heterocycles. The van der Waals surface area contributed by atoms with Crippen LogP contribution in [0.2, 0.25) is 0 Å². The zero-order valence-electron chi connectivity index (χ0n) is 12.3. The number of ether oxygens (including phenoxy) is 1. The van der Waals surface area contributed by atoms with Crippen LogP contribution in [0.5, 0.6) is 0 Å². The van der Waals surface area contributed by atoms with Crippen LogP contribution in [-0.2, 0) is 11.3 Å². The molecular weight excluding hydrogens is 270 g/mol. The lowest BCUT2D eigenvalue weighted by Crippen LogP contribution is -2.07. The van der Waals surface area contributed by atoms with Crippen molar-refractivity contribution in [3.8, 4) is 10.6 Å². The molecule has 0 aliphatic heterocycles. The Morgan fingerprint density at radius 1 is 1.40 bits per heavy atom. The van der Waals surface area contributed by atoms with Gasteiger partial charge in [-0.05, 0) is 37.8 Å². The molecule has 0 bridgehead atoms. The van der Waals surface area contributed by atoms with Crippen molar-refractivity contribution in [2.24, 2.45) is 0 Å². The molecule has 3 nitrogen and oxygen atoms in total. The van der Waals surface area contributed by atoms with Gasteiger partial charge in [-0.3, -0.25) is 0 Å². The molecule has 0 saturated heterocycles. The largest absolute Gasteiger partial charge is 0.462 e. The van der Waals surface area contributed by atoms with E-state index in [1.54, 1.807) is 11.3 Å². The number of rotatable bonds is 6. The summed E-state index contributed by atoms with van der Waals surface area (Å²) in [5.41, 5.74) is 2.81. The molecule has 4 heteroatoms. The second kappa shape index (κ2) is 6.75. The fourth-order valence-electron chi connectivity index (χ4n) is 2.29. The molecule has 0 radical (unpaired) electrons. The highest BCUT2D eigenvalue weighted by atomic mass is 32.1. The van der Waals surface area contributed by atoms with Gasteiger partial charge in [-0.15, -0.1) is 11.3 Å². The monoisotopic (exact) mass is 291 g/mol. The van der Waals surface area contributed by atoms with Crippen LogP contribution in [0, 0.1) is 6.92 Å². The van der Waals surface area contributed by atoms with Crippen molar-refractivity contribution < 1.29 is 9.53 Å². The van der Waals surface area contributed by atoms with Crippen LogP contribution in [0.1, 0.15) is 42.7 Å². The summed E-state index contributed by atoms with van der Waals surface area (Å²) < 4.78 is 7.39. The van der Waals surface area contributed by atoms with Crippen molar-refractivity contribution in [1.82, 2.24) is 4.57 Å². The number of hydrogen-bond donors (Lipinski definition) is 0. The van der Waals surface area contributed by atoms with Gasteiger partial charge in [-0.1, -0.05) is 19.4 Å². The van der Waals surface area contributed by atoms with Crippen LogP contribution in [0.3, 0.4) is 0 Å². The van der Waals surface area contributed by atoms with Gasteiger partial charge in [-0.25, -0.2) is 4.79 Å². The second-order valence-corrected chi connectivity index (χ2v) is 5.68. The van der Waals surface area contributed by atoms with E-state index in [0.717, 1.165) is 30.8 Å². The standard InChI is InChI=1S/C16H21NO2S/c1-4-6-9-17-12(3)13(16(18)19-5-2)11-14(17)15-8-7-10-20-15/h7-8,10-11H,4-6,9H2,1-3H3. The summed E-state index contributed by atoms with van der Waals surface area (Å²) in [7, 11) is 0. The van der Waals surface area contributed by atoms with E-state index in [4.69, 9.17) is 4.74 Å². The summed E-state index contributed by atoms with van der Waals surface area (Å²) in [5, 5.41) is 2.06. The average molecular weight is 291 g/mol. The fourth-order valence-corrected chi connectivity index (χ4v) is 3.04. The zero-order chi connectivity index (χ0) is 14.5. The predicted octanol–water partition coefficient (Wildman–Crippen LogP) is 4.50. The highest BCUT2D eigenvalue weighted by Crippen LogP contribution is 2.30. The number of carbonyl (C=O) groups excluding carboxylic acids is 1. The van der Waals surface area contributed by atoms with Crippen molar-refractivity contribution in [3.63, 3.8) is 0 Å². The van der Waals surface area contributed by atoms with Gasteiger partial charge in [0.05, 0.1) is 22.7 Å². The van der Waals surface area contributed by atoms with Gasteiger partial charge in [0.25, 0.3) is 0 Å². The lowest BCUT2D eigenvalue weighted by atomic mass is 10.2. The molecule has 0 amide bonds. The Labute approximate surface area is 124 Å². The predicted molar refractivity (Wildman–Crippen MR) is 83.3 cm³/mol. The third-order valence-electron chi connectivity index (χ3n) is 3.37. The van der Waals surface area contributed by atoms with Crippen LogP contribution < -0.4 is 0 Å². The number of esters is 1. The maximum absolute atomic E-state index is 12.0. The fraction of sp³-hybridized carbons (Fsp3) is 0.438. The maximum atomic E-state index is 12.0. The zero-order valence-corrected chi connectivity index (χ0v) is 13.1. The highest BCUT2D eigenvalue weighted by Gasteiger charge is 2.19. The maximum Gasteiger partial charge on any atom is 0.339 e. The summed E-state index contributed by atoms with van der Waals surface area (Å²) in [4.78, 5) is 13.2. The van der Waals surface area contributed by atoms with E-state index >= 15 is 0 Å². The minimum Gasteiger partial charge on any atom is -0.462 e. The Bertz CT molecular complexity index is 570. The molecule has 2 aromatic rings. The molecule has 0 atom stereocenters. The molecule has 108 valence electrons. The van der Waals surface area contributed by atoms with Gasteiger partial charge < -0.3 is 9.30 Å². The first-order chi connectivity index (χ1) is 9.69. The van der Waals surface area contributed by atoms with Crippen LogP contribution in [-0.4, -0.2) is 17.1 Å². The summed E-state index contributed by atoms with van der Waals surface area (Å²) in [6.07, 6.45) is 2.24. The third kappa shape index (κ3) is 2.96. The normalized spacial score (nSPS) is 10.8. The Balaban J connectivity index is 2.43. The minimum atomic E-state index is -0.224. The molecule has 2 aromatic heterocycles. The number of aromatic nitrogens is 1. The van der Waals surface area contributed by atoms with Crippen LogP contribution in [0.25, 0.3) is 10.6 Å². The Morgan fingerprint density at radius 2 is 2.20 bits per heavy atom. The summed E-state index contributed by atoms with van der Waals surface area (Å²) in [5.74, 6) is -0.224. The third-order valence-corrected chi connectivity index (χ3v) is 4.26. The van der Waals surface area contributed by atoms with Gasteiger partial charge in [0.2, 0.25) is 0 Å². The number of thiophene rings is 1. The molecule has 0 unspecified atom stereocenters. The van der Waals surface area contributed by atoms with Gasteiger partial charge >= 0.3 is 5.97 Å². The van der Waals surface area contributed by atoms with E-state index in [0.29, 0.717) is 12.2 Å². The highest BCUT2D eigenvalue weighted by molar-refractivity contribution is 7.13. The topological polar surface area (TPSA) is 31.2 Å². The molecule has 0 aliphatic carbocycles. The molecule has 0 fully saturated rings. The first-order valence-corrected chi connectivity index (χ1v) is 7.98. The molecule has 0 aromatic carbocycles. The second-order valence-electron chi connectivity index (χ2n) is 4.73. The summed E-state index contributed by atoms with van der Waals surface area (Å²) in [6.45, 7) is 7.36. The van der Waals surface area contributed by atoms with E-state index in [1.165, 1.54) is 4.88 Å². The van der Waals surface area contributed by atoms with Crippen LogP contribution in [0.15, 0.2) is 23.6 Å². The number of unbranched alkanes of at least 4 members (excludes halogenated alkanes) is 1. The van der Waals surface area contributed by atoms with Crippen molar-refractivity contribution in [3.05, 3.63) is 34.8 Å². The van der Waals surface area contributed by atoms with Crippen LogP contribution in [0.4, 0.5) is 0 Å².